The van der Waals surface area contributed by atoms with Crippen LogP contribution in [0.3, 0.4) is 0 Å². The molecule has 0 saturated carbocycles. The molecule has 8 nitrogen and oxygen atoms in total. The molecule has 2 aromatic heterocycles. The number of benzene rings is 4. The van der Waals surface area contributed by atoms with Crippen molar-refractivity contribution in [3.8, 4) is 17.0 Å². The van der Waals surface area contributed by atoms with Crippen LogP contribution < -0.4 is 10.1 Å². The van der Waals surface area contributed by atoms with E-state index in [1.54, 1.807) is 54.6 Å². The van der Waals surface area contributed by atoms with Crippen LogP contribution >= 0.6 is 11.3 Å². The van der Waals surface area contributed by atoms with E-state index < -0.39 is 59.5 Å². The van der Waals surface area contributed by atoms with Crippen LogP contribution in [0.2, 0.25) is 0 Å². The van der Waals surface area contributed by atoms with Crippen LogP contribution in [-0.2, 0) is 39.5 Å². The van der Waals surface area contributed by atoms with Crippen LogP contribution in [0.1, 0.15) is 28.7 Å². The second-order valence-electron chi connectivity index (χ2n) is 13.6. The number of amides is 1. The fraction of sp³-hybridized carbons (Fsp3) is 0.293. The number of anilines is 1. The second-order valence-corrected chi connectivity index (χ2v) is 14.6. The highest BCUT2D eigenvalue weighted by Crippen LogP contribution is 2.37. The average Bonchev–Trinajstić information content (AvgIpc) is 3.73. The predicted octanol–water partition coefficient (Wildman–Crippen LogP) is 8.96. The maximum absolute atomic E-state index is 13.6. The topological polar surface area (TPSA) is 85.2 Å². The van der Waals surface area contributed by atoms with Gasteiger partial charge < -0.3 is 14.8 Å². The minimum Gasteiger partial charge on any atom is -0.492 e. The first-order valence-electron chi connectivity index (χ1n) is 17.9. The van der Waals surface area contributed by atoms with Crippen LogP contribution in [0.15, 0.2) is 97.2 Å². The van der Waals surface area contributed by atoms with Crippen molar-refractivity contribution in [2.24, 2.45) is 5.92 Å². The number of imidazole rings is 1. The third kappa shape index (κ3) is 9.57. The Labute approximate surface area is 321 Å². The Morgan fingerprint density at radius 2 is 1.55 bits per heavy atom. The number of ether oxygens (including phenoxy) is 2. The van der Waals surface area contributed by atoms with Gasteiger partial charge in [0.15, 0.2) is 4.96 Å². The highest BCUT2D eigenvalue weighted by atomic mass is 32.1. The van der Waals surface area contributed by atoms with E-state index in [4.69, 9.17) is 14.5 Å². The minimum atomic E-state index is -5.05. The molecule has 1 saturated heterocycles. The van der Waals surface area contributed by atoms with Crippen molar-refractivity contribution in [3.05, 3.63) is 119 Å². The molecule has 1 aliphatic heterocycles. The van der Waals surface area contributed by atoms with Gasteiger partial charge in [0.05, 0.1) is 40.3 Å². The fourth-order valence-corrected chi connectivity index (χ4v) is 7.68. The summed E-state index contributed by atoms with van der Waals surface area (Å²) in [6.07, 6.45) is -9.15. The lowest BCUT2D eigenvalue weighted by Crippen LogP contribution is -2.38. The summed E-state index contributed by atoms with van der Waals surface area (Å²) in [6, 6.07) is 22.9. The van der Waals surface area contributed by atoms with Crippen LogP contribution in [0, 0.1) is 5.92 Å². The summed E-state index contributed by atoms with van der Waals surface area (Å²) in [6.45, 7) is 4.71. The SMILES string of the molecule is O=C(Cc1cc(C(F)(F)F)cc(C(F)(F)F)c1)C[C@@H](Cc1ccccc1)C(=O)Nc1ccc(-c2cn3c(n2)sc2cc(OCCN4CCOCC4)ccc23)cc1. The van der Waals surface area contributed by atoms with Gasteiger partial charge in [-0.25, -0.2) is 4.98 Å². The Morgan fingerprint density at radius 3 is 2.23 bits per heavy atom. The van der Waals surface area contributed by atoms with E-state index in [0.29, 0.717) is 24.4 Å². The summed E-state index contributed by atoms with van der Waals surface area (Å²) >= 11 is 1.54. The van der Waals surface area contributed by atoms with E-state index in [1.165, 1.54) is 11.3 Å². The number of halogens is 6. The number of Topliss-reactive ketones (excluding diaryl/α,β-unsaturated/α-hetero) is 1. The molecule has 1 aliphatic rings. The lowest BCUT2D eigenvalue weighted by Gasteiger charge is -2.26. The molecule has 56 heavy (non-hydrogen) atoms. The molecule has 0 spiro atoms. The zero-order chi connectivity index (χ0) is 39.5. The number of alkyl halides is 6. The third-order valence-electron chi connectivity index (χ3n) is 9.51. The Hall–Kier alpha value is -5.25. The normalized spacial score (nSPS) is 14.6. The van der Waals surface area contributed by atoms with Crippen molar-refractivity contribution < 1.29 is 45.4 Å². The van der Waals surface area contributed by atoms with Gasteiger partial charge in [-0.05, 0) is 66.1 Å². The zero-order valence-corrected chi connectivity index (χ0v) is 30.6. The number of ketones is 1. The van der Waals surface area contributed by atoms with Gasteiger partial charge in [-0.2, -0.15) is 26.3 Å². The molecule has 15 heteroatoms. The number of carbonyl (C=O) groups excluding carboxylic acids is 2. The largest absolute Gasteiger partial charge is 0.492 e. The minimum absolute atomic E-state index is 0.0167. The standard InChI is InChI=1S/C41H36F6N4O4S/c42-40(43,44)30-19-27(20-31(23-30)41(45,46)47)21-33(52)22-29(18-26-4-2-1-3-5-26)38(53)48-32-8-6-28(7-9-32)35-25-51-36-11-10-34(24-37(36)56-39(51)49-35)55-17-14-50-12-15-54-16-13-50/h1-11,19-20,23-25,29H,12-18,21-22H2,(H,48,53)/t29-/m1/s1. The van der Waals surface area contributed by atoms with E-state index in [2.05, 4.69) is 10.2 Å². The molecule has 1 amide bonds. The molecule has 6 aromatic rings. The highest BCUT2D eigenvalue weighted by molar-refractivity contribution is 7.23. The molecule has 0 bridgehead atoms. The molecule has 1 atom stereocenters. The van der Waals surface area contributed by atoms with E-state index in [-0.39, 0.29) is 12.5 Å². The molecule has 0 aliphatic carbocycles. The zero-order valence-electron chi connectivity index (χ0n) is 29.8. The molecule has 3 heterocycles. The highest BCUT2D eigenvalue weighted by Gasteiger charge is 2.37. The Balaban J connectivity index is 1.02. The third-order valence-corrected chi connectivity index (χ3v) is 10.5. The van der Waals surface area contributed by atoms with Gasteiger partial charge in [0.2, 0.25) is 5.91 Å². The summed E-state index contributed by atoms with van der Waals surface area (Å²) in [5.41, 5.74) is 0.224. The van der Waals surface area contributed by atoms with Gasteiger partial charge in [0, 0.05) is 55.8 Å². The lowest BCUT2D eigenvalue weighted by atomic mass is 9.90. The van der Waals surface area contributed by atoms with Crippen molar-refractivity contribution in [1.29, 1.82) is 0 Å². The maximum atomic E-state index is 13.6. The fourth-order valence-electron chi connectivity index (χ4n) is 6.65. The Morgan fingerprint density at radius 1 is 0.857 bits per heavy atom. The Bertz CT molecular complexity index is 2280. The number of carbonyl (C=O) groups is 2. The summed E-state index contributed by atoms with van der Waals surface area (Å²) < 4.78 is 95.0. The summed E-state index contributed by atoms with van der Waals surface area (Å²) in [5, 5.41) is 2.82. The number of nitrogens with one attached hydrogen (secondary N) is 1. The first-order chi connectivity index (χ1) is 26.8. The van der Waals surface area contributed by atoms with Crippen LogP contribution in [-0.4, -0.2) is 65.4 Å². The molecule has 292 valence electrons. The summed E-state index contributed by atoms with van der Waals surface area (Å²) in [7, 11) is 0. The monoisotopic (exact) mass is 794 g/mol. The molecular weight excluding hydrogens is 759 g/mol. The van der Waals surface area contributed by atoms with E-state index >= 15 is 0 Å². The maximum Gasteiger partial charge on any atom is 0.416 e. The summed E-state index contributed by atoms with van der Waals surface area (Å²) in [4.78, 5) is 34.7. The predicted molar refractivity (Wildman–Crippen MR) is 201 cm³/mol. The van der Waals surface area contributed by atoms with Crippen molar-refractivity contribution in [1.82, 2.24) is 14.3 Å². The van der Waals surface area contributed by atoms with Crippen molar-refractivity contribution in [2.75, 3.05) is 44.8 Å². The van der Waals surface area contributed by atoms with Crippen molar-refractivity contribution >= 4 is 43.9 Å². The number of thiazole rings is 1. The average molecular weight is 795 g/mol. The Kier molecular flexibility index (Phi) is 11.5. The number of aromatic nitrogens is 2. The van der Waals surface area contributed by atoms with Gasteiger partial charge in [-0.1, -0.05) is 53.8 Å². The first-order valence-corrected chi connectivity index (χ1v) is 18.7. The van der Waals surface area contributed by atoms with Crippen LogP contribution in [0.25, 0.3) is 26.4 Å². The lowest BCUT2D eigenvalue weighted by molar-refractivity contribution is -0.143. The molecule has 1 fully saturated rings. The quantitative estimate of drug-likeness (QED) is 0.118. The summed E-state index contributed by atoms with van der Waals surface area (Å²) in [5.74, 6) is -1.36. The van der Waals surface area contributed by atoms with Crippen molar-refractivity contribution in [3.63, 3.8) is 0 Å². The number of morpholine rings is 1. The molecule has 1 N–H and O–H groups in total. The molecular formula is C41H36F6N4O4S. The van der Waals surface area contributed by atoms with Crippen LogP contribution in [0.5, 0.6) is 5.75 Å². The van der Waals surface area contributed by atoms with Gasteiger partial charge >= 0.3 is 12.4 Å². The van der Waals surface area contributed by atoms with Gasteiger partial charge in [0.1, 0.15) is 18.1 Å². The van der Waals surface area contributed by atoms with Crippen molar-refractivity contribution in [2.45, 2.75) is 31.6 Å². The molecule has 4 aromatic carbocycles. The van der Waals surface area contributed by atoms with Crippen LogP contribution in [0.4, 0.5) is 32.0 Å². The number of nitrogens with zero attached hydrogens (tertiary/aromatic N) is 3. The number of hydrogen-bond donors (Lipinski definition) is 1. The second kappa shape index (κ2) is 16.5. The van der Waals surface area contributed by atoms with E-state index in [0.717, 1.165) is 70.6 Å². The van der Waals surface area contributed by atoms with Gasteiger partial charge in [-0.3, -0.25) is 18.9 Å². The van der Waals surface area contributed by atoms with E-state index in [1.807, 2.05) is 28.8 Å². The number of rotatable bonds is 13. The van der Waals surface area contributed by atoms with Gasteiger partial charge in [-0.15, -0.1) is 0 Å². The van der Waals surface area contributed by atoms with Gasteiger partial charge in [0.25, 0.3) is 0 Å². The first kappa shape index (κ1) is 39.0. The van der Waals surface area contributed by atoms with E-state index in [9.17, 15) is 35.9 Å². The molecule has 0 radical (unpaired) electrons. The number of fused-ring (bicyclic) bond motifs is 3. The molecule has 7 rings (SSSR count). The number of hydrogen-bond acceptors (Lipinski definition) is 7. The molecule has 0 unspecified atom stereocenters. The smallest absolute Gasteiger partial charge is 0.416 e.